The maximum absolute atomic E-state index is 11.5. The van der Waals surface area contributed by atoms with E-state index in [2.05, 4.69) is 4.90 Å². The molecule has 4 heteroatoms. The molecule has 3 nitrogen and oxygen atoms in total. The average Bonchev–Trinajstić information content (AvgIpc) is 2.26. The molecule has 0 aromatic heterocycles. The van der Waals surface area contributed by atoms with Crippen LogP contribution in [-0.2, 0) is 4.79 Å². The molecule has 0 bridgehead atoms. The van der Waals surface area contributed by atoms with Crippen molar-refractivity contribution in [1.29, 1.82) is 0 Å². The van der Waals surface area contributed by atoms with Crippen LogP contribution in [0, 0.1) is 0 Å². The number of rotatable bonds is 2. The third-order valence-corrected chi connectivity index (χ3v) is 3.97. The van der Waals surface area contributed by atoms with Crippen LogP contribution in [0.5, 0.6) is 0 Å². The van der Waals surface area contributed by atoms with Crippen molar-refractivity contribution in [3.8, 4) is 0 Å². The number of carbonyl (C=O) groups excluding carboxylic acids is 1. The van der Waals surface area contributed by atoms with Gasteiger partial charge < -0.3 is 9.80 Å². The number of hydrogen-bond donors (Lipinski definition) is 0. The van der Waals surface area contributed by atoms with Gasteiger partial charge >= 0.3 is 0 Å². The first kappa shape index (κ1) is 13.4. The van der Waals surface area contributed by atoms with E-state index >= 15 is 0 Å². The number of thiocarbonyl (C=S) groups is 1. The second kappa shape index (κ2) is 5.62. The van der Waals surface area contributed by atoms with Crippen LogP contribution >= 0.6 is 12.2 Å². The Bertz CT molecular complexity index is 252. The fraction of sp³-hybridized carbons (Fsp3) is 0.833. The summed E-state index contributed by atoms with van der Waals surface area (Å²) in [5.41, 5.74) is 0. The Morgan fingerprint density at radius 2 is 1.50 bits per heavy atom. The molecule has 0 spiro atoms. The first-order valence-corrected chi connectivity index (χ1v) is 6.32. The number of hydrogen-bond acceptors (Lipinski definition) is 2. The van der Waals surface area contributed by atoms with E-state index in [1.165, 1.54) is 12.8 Å². The number of nitrogens with zero attached hydrogens (tertiary/aromatic N) is 2. The summed E-state index contributed by atoms with van der Waals surface area (Å²) in [5, 5.41) is 0. The Kier molecular flexibility index (Phi) is 4.71. The molecule has 16 heavy (non-hydrogen) atoms. The summed E-state index contributed by atoms with van der Waals surface area (Å²) < 4.78 is 0. The lowest BCUT2D eigenvalue weighted by Crippen LogP contribution is -2.53. The number of amides is 1. The zero-order valence-electron chi connectivity index (χ0n) is 10.7. The molecule has 0 heterocycles. The van der Waals surface area contributed by atoms with Gasteiger partial charge in [-0.2, -0.15) is 0 Å². The van der Waals surface area contributed by atoms with Crippen LogP contribution in [0.3, 0.4) is 0 Å². The zero-order chi connectivity index (χ0) is 12.3. The molecular weight excluding hydrogens is 220 g/mol. The van der Waals surface area contributed by atoms with E-state index in [-0.39, 0.29) is 5.91 Å². The summed E-state index contributed by atoms with van der Waals surface area (Å²) in [5.74, 6) is 0.146. The van der Waals surface area contributed by atoms with E-state index in [9.17, 15) is 4.79 Å². The summed E-state index contributed by atoms with van der Waals surface area (Å²) in [4.78, 5) is 16.4. The van der Waals surface area contributed by atoms with Crippen LogP contribution in [0.2, 0.25) is 0 Å². The summed E-state index contributed by atoms with van der Waals surface area (Å²) in [6.45, 7) is 3.59. The Morgan fingerprint density at radius 1 is 1.06 bits per heavy atom. The smallest absolute Gasteiger partial charge is 0.219 e. The molecular formula is C12H22N2OS. The van der Waals surface area contributed by atoms with Gasteiger partial charge in [0, 0.05) is 27.1 Å². The summed E-state index contributed by atoms with van der Waals surface area (Å²) in [6, 6.07) is 0.703. The molecule has 1 saturated carbocycles. The predicted molar refractivity (Wildman–Crippen MR) is 70.5 cm³/mol. The molecule has 1 amide bonds. The maximum atomic E-state index is 11.5. The predicted octanol–water partition coefficient (Wildman–Crippen LogP) is 2.06. The van der Waals surface area contributed by atoms with Crippen LogP contribution in [0.15, 0.2) is 0 Å². The highest BCUT2D eigenvalue weighted by atomic mass is 32.1. The van der Waals surface area contributed by atoms with Gasteiger partial charge in [0.05, 0.1) is 11.0 Å². The zero-order valence-corrected chi connectivity index (χ0v) is 11.5. The molecule has 92 valence electrons. The van der Waals surface area contributed by atoms with Gasteiger partial charge in [0.15, 0.2) is 0 Å². The minimum Gasteiger partial charge on any atom is -0.364 e. The van der Waals surface area contributed by atoms with E-state index in [1.54, 1.807) is 6.92 Å². The normalized spacial score (nSPS) is 25.0. The quantitative estimate of drug-likeness (QED) is 0.693. The highest BCUT2D eigenvalue weighted by molar-refractivity contribution is 7.80. The lowest BCUT2D eigenvalue weighted by atomic mass is 9.88. The number of likely N-dealkylation sites (N-methyl/N-ethyl adjacent to an activating group) is 2. The van der Waals surface area contributed by atoms with Crippen LogP contribution in [0.4, 0.5) is 0 Å². The van der Waals surface area contributed by atoms with Crippen molar-refractivity contribution in [2.24, 2.45) is 0 Å². The van der Waals surface area contributed by atoms with Crippen molar-refractivity contribution < 1.29 is 4.79 Å². The fourth-order valence-corrected chi connectivity index (χ4v) is 2.60. The molecule has 0 saturated heterocycles. The Labute approximate surface area is 104 Å². The second-order valence-electron chi connectivity index (χ2n) is 4.68. The molecule has 1 aliphatic carbocycles. The van der Waals surface area contributed by atoms with Crippen molar-refractivity contribution >= 4 is 23.1 Å². The van der Waals surface area contributed by atoms with Crippen LogP contribution < -0.4 is 0 Å². The van der Waals surface area contributed by atoms with Crippen molar-refractivity contribution in [3.63, 3.8) is 0 Å². The van der Waals surface area contributed by atoms with E-state index in [0.717, 1.165) is 17.8 Å². The van der Waals surface area contributed by atoms with Crippen molar-refractivity contribution in [1.82, 2.24) is 9.80 Å². The molecule has 0 radical (unpaired) electrons. The van der Waals surface area contributed by atoms with Gasteiger partial charge in [-0.15, -0.1) is 0 Å². The van der Waals surface area contributed by atoms with Crippen LogP contribution in [-0.4, -0.2) is 46.9 Å². The topological polar surface area (TPSA) is 23.6 Å². The van der Waals surface area contributed by atoms with Crippen molar-refractivity contribution in [2.75, 3.05) is 14.1 Å². The van der Waals surface area contributed by atoms with Gasteiger partial charge in [0.2, 0.25) is 5.91 Å². The van der Waals surface area contributed by atoms with E-state index in [4.69, 9.17) is 12.2 Å². The third-order valence-electron chi connectivity index (χ3n) is 3.68. The molecule has 2 atom stereocenters. The lowest BCUT2D eigenvalue weighted by Gasteiger charge is -2.42. The lowest BCUT2D eigenvalue weighted by molar-refractivity contribution is -0.131. The number of carbonyl (C=O) groups is 1. The molecule has 0 unspecified atom stereocenters. The summed E-state index contributed by atoms with van der Waals surface area (Å²) in [6.07, 6.45) is 4.67. The monoisotopic (exact) mass is 242 g/mol. The molecule has 1 rings (SSSR count). The second-order valence-corrected chi connectivity index (χ2v) is 5.27. The Hall–Kier alpha value is -0.640. The Balaban J connectivity index is 2.78. The molecule has 1 fully saturated rings. The van der Waals surface area contributed by atoms with Crippen molar-refractivity contribution in [3.05, 3.63) is 0 Å². The van der Waals surface area contributed by atoms with Gasteiger partial charge in [0.1, 0.15) is 0 Å². The van der Waals surface area contributed by atoms with E-state index < -0.39 is 0 Å². The summed E-state index contributed by atoms with van der Waals surface area (Å²) in [7, 11) is 3.94. The average molecular weight is 242 g/mol. The van der Waals surface area contributed by atoms with Gasteiger partial charge in [-0.3, -0.25) is 4.79 Å². The van der Waals surface area contributed by atoms with Crippen LogP contribution in [0.25, 0.3) is 0 Å². The molecule has 0 aromatic carbocycles. The standard InChI is InChI=1S/C12H22N2OS/c1-9(15)13(3)11-7-5-6-8-12(11)14(4)10(2)16/h11-12H,5-8H2,1-4H3/t11-,12-/m0/s1. The SMILES string of the molecule is CC(=O)N(C)[C@H]1CCCC[C@@H]1N(C)C(C)=S. The molecule has 0 N–H and O–H groups in total. The van der Waals surface area contributed by atoms with Gasteiger partial charge in [-0.1, -0.05) is 25.1 Å². The van der Waals surface area contributed by atoms with Gasteiger partial charge in [-0.25, -0.2) is 0 Å². The maximum Gasteiger partial charge on any atom is 0.219 e. The highest BCUT2D eigenvalue weighted by Crippen LogP contribution is 2.26. The Morgan fingerprint density at radius 3 is 1.88 bits per heavy atom. The third kappa shape index (κ3) is 2.94. The van der Waals surface area contributed by atoms with E-state index in [1.807, 2.05) is 25.9 Å². The minimum absolute atomic E-state index is 0.146. The molecule has 0 aliphatic heterocycles. The fourth-order valence-electron chi connectivity index (χ4n) is 2.46. The highest BCUT2D eigenvalue weighted by Gasteiger charge is 2.32. The first-order valence-electron chi connectivity index (χ1n) is 5.92. The first-order chi connectivity index (χ1) is 7.45. The van der Waals surface area contributed by atoms with Crippen LogP contribution in [0.1, 0.15) is 39.5 Å². The summed E-state index contributed by atoms with van der Waals surface area (Å²) >= 11 is 5.23. The molecule has 1 aliphatic rings. The molecule has 0 aromatic rings. The van der Waals surface area contributed by atoms with Gasteiger partial charge in [-0.05, 0) is 19.8 Å². The minimum atomic E-state index is 0.146. The van der Waals surface area contributed by atoms with E-state index in [0.29, 0.717) is 12.1 Å². The van der Waals surface area contributed by atoms with Crippen molar-refractivity contribution in [2.45, 2.75) is 51.6 Å². The largest absolute Gasteiger partial charge is 0.364 e. The van der Waals surface area contributed by atoms with Gasteiger partial charge in [0.25, 0.3) is 0 Å².